The molecule has 0 unspecified atom stereocenters. The maximum absolute atomic E-state index is 6.69. The highest BCUT2D eigenvalue weighted by atomic mass is 16.3. The zero-order valence-corrected chi connectivity index (χ0v) is 22.7. The summed E-state index contributed by atoms with van der Waals surface area (Å²) in [5.74, 6) is 0.859. The van der Waals surface area contributed by atoms with Crippen LogP contribution in [-0.2, 0) is 0 Å². The van der Waals surface area contributed by atoms with E-state index in [0.29, 0.717) is 0 Å². The van der Waals surface area contributed by atoms with Crippen LogP contribution in [0.1, 0.15) is 0 Å². The fourth-order valence-corrected chi connectivity index (χ4v) is 6.64. The van der Waals surface area contributed by atoms with E-state index in [1.807, 2.05) is 18.2 Å². The van der Waals surface area contributed by atoms with E-state index in [9.17, 15) is 0 Å². The normalized spacial score (nSPS) is 11.8. The van der Waals surface area contributed by atoms with Crippen LogP contribution >= 0.6 is 0 Å². The average Bonchev–Trinajstić information content (AvgIpc) is 3.63. The summed E-state index contributed by atoms with van der Waals surface area (Å²) < 4.78 is 12.9. The maximum Gasteiger partial charge on any atom is 0.136 e. The lowest BCUT2D eigenvalue weighted by Gasteiger charge is -2.18. The minimum Gasteiger partial charge on any atom is -0.456 e. The topological polar surface area (TPSA) is 26.3 Å². The number of hydrogen-bond acceptors (Lipinski definition) is 2. The molecule has 0 radical (unpaired) electrons. The van der Waals surface area contributed by atoms with Gasteiger partial charge in [0.15, 0.2) is 0 Å². The molecular formula is C40H24O2. The quantitative estimate of drug-likeness (QED) is 0.210. The molecule has 2 nitrogen and oxygen atoms in total. The summed E-state index contributed by atoms with van der Waals surface area (Å²) >= 11 is 0. The predicted octanol–water partition coefficient (Wildman–Crippen LogP) is 11.6. The van der Waals surface area contributed by atoms with Crippen molar-refractivity contribution in [1.29, 1.82) is 0 Å². The van der Waals surface area contributed by atoms with E-state index >= 15 is 0 Å². The van der Waals surface area contributed by atoms with E-state index < -0.39 is 0 Å². The molecule has 0 fully saturated rings. The molecule has 196 valence electrons. The Morgan fingerprint density at radius 3 is 1.62 bits per heavy atom. The molecule has 9 rings (SSSR count). The number of rotatable bonds is 3. The molecular weight excluding hydrogens is 512 g/mol. The van der Waals surface area contributed by atoms with Crippen molar-refractivity contribution in [2.45, 2.75) is 0 Å². The van der Waals surface area contributed by atoms with Crippen molar-refractivity contribution in [3.05, 3.63) is 146 Å². The third-order valence-corrected chi connectivity index (χ3v) is 8.47. The van der Waals surface area contributed by atoms with Gasteiger partial charge in [-0.25, -0.2) is 0 Å². The summed E-state index contributed by atoms with van der Waals surface area (Å²) in [5.41, 5.74) is 8.63. The molecule has 7 aromatic carbocycles. The Kier molecular flexibility index (Phi) is 4.93. The van der Waals surface area contributed by atoms with Crippen LogP contribution in [0.3, 0.4) is 0 Å². The van der Waals surface area contributed by atoms with Crippen molar-refractivity contribution >= 4 is 54.5 Å². The molecule has 0 bridgehead atoms. The first-order valence-corrected chi connectivity index (χ1v) is 14.3. The number of para-hydroxylation sites is 1. The second kappa shape index (κ2) is 8.95. The Morgan fingerprint density at radius 2 is 0.905 bits per heavy atom. The van der Waals surface area contributed by atoms with Crippen molar-refractivity contribution in [2.24, 2.45) is 0 Å². The Bertz CT molecular complexity index is 2400. The lowest BCUT2D eigenvalue weighted by atomic mass is 9.85. The first-order valence-electron chi connectivity index (χ1n) is 14.3. The van der Waals surface area contributed by atoms with E-state index in [2.05, 4.69) is 127 Å². The lowest BCUT2D eigenvalue weighted by molar-refractivity contribution is 0.633. The number of furan rings is 2. The van der Waals surface area contributed by atoms with Gasteiger partial charge >= 0.3 is 0 Å². The third kappa shape index (κ3) is 3.39. The predicted molar refractivity (Wildman–Crippen MR) is 175 cm³/mol. The Hall–Kier alpha value is -5.60. The third-order valence-electron chi connectivity index (χ3n) is 8.47. The van der Waals surface area contributed by atoms with Crippen LogP contribution in [0.5, 0.6) is 0 Å². The van der Waals surface area contributed by atoms with Gasteiger partial charge in [0.2, 0.25) is 0 Å². The van der Waals surface area contributed by atoms with Gasteiger partial charge in [0.25, 0.3) is 0 Å². The van der Waals surface area contributed by atoms with Gasteiger partial charge in [0, 0.05) is 21.7 Å². The average molecular weight is 537 g/mol. The summed E-state index contributed by atoms with van der Waals surface area (Å²) in [5, 5.41) is 7.95. The van der Waals surface area contributed by atoms with E-state index in [0.717, 1.165) is 44.2 Å². The molecule has 9 aromatic rings. The van der Waals surface area contributed by atoms with Crippen molar-refractivity contribution in [1.82, 2.24) is 0 Å². The molecule has 0 amide bonds. The van der Waals surface area contributed by atoms with Crippen molar-refractivity contribution < 1.29 is 8.83 Å². The first-order chi connectivity index (χ1) is 20.8. The lowest BCUT2D eigenvalue weighted by Crippen LogP contribution is -1.92. The number of benzene rings is 7. The van der Waals surface area contributed by atoms with Gasteiger partial charge in [-0.05, 0) is 68.1 Å². The summed E-state index contributed by atoms with van der Waals surface area (Å²) in [6.45, 7) is 0. The summed E-state index contributed by atoms with van der Waals surface area (Å²) in [6.07, 6.45) is 0. The minimum absolute atomic E-state index is 0.857. The van der Waals surface area contributed by atoms with Crippen LogP contribution in [0.25, 0.3) is 88.0 Å². The molecule has 0 aliphatic carbocycles. The monoisotopic (exact) mass is 536 g/mol. The first kappa shape index (κ1) is 23.1. The van der Waals surface area contributed by atoms with Crippen molar-refractivity contribution in [2.75, 3.05) is 0 Å². The molecule has 0 spiro atoms. The van der Waals surface area contributed by atoms with Crippen LogP contribution in [0.2, 0.25) is 0 Å². The van der Waals surface area contributed by atoms with E-state index in [1.165, 1.54) is 43.8 Å². The summed E-state index contributed by atoms with van der Waals surface area (Å²) in [6, 6.07) is 51.4. The van der Waals surface area contributed by atoms with E-state index in [-0.39, 0.29) is 0 Å². The van der Waals surface area contributed by atoms with Crippen LogP contribution < -0.4 is 0 Å². The molecule has 2 aromatic heterocycles. The zero-order chi connectivity index (χ0) is 27.6. The highest BCUT2D eigenvalue weighted by molar-refractivity contribution is 6.22. The van der Waals surface area contributed by atoms with E-state index in [1.54, 1.807) is 0 Å². The van der Waals surface area contributed by atoms with Gasteiger partial charge in [0.05, 0.1) is 0 Å². The summed E-state index contributed by atoms with van der Waals surface area (Å²) in [4.78, 5) is 0. The Balaban J connectivity index is 1.35. The van der Waals surface area contributed by atoms with Gasteiger partial charge in [-0.2, -0.15) is 0 Å². The number of fused-ring (bicyclic) bond motifs is 6. The van der Waals surface area contributed by atoms with Gasteiger partial charge in [-0.1, -0.05) is 121 Å². The molecule has 0 N–H and O–H groups in total. The van der Waals surface area contributed by atoms with Gasteiger partial charge in [0.1, 0.15) is 22.5 Å². The fourth-order valence-electron chi connectivity index (χ4n) is 6.64. The zero-order valence-electron chi connectivity index (χ0n) is 22.7. The van der Waals surface area contributed by atoms with Crippen LogP contribution in [0, 0.1) is 0 Å². The molecule has 0 saturated carbocycles. The fraction of sp³-hybridized carbons (Fsp3) is 0. The van der Waals surface area contributed by atoms with Gasteiger partial charge in [-0.3, -0.25) is 0 Å². The molecule has 42 heavy (non-hydrogen) atoms. The maximum atomic E-state index is 6.69. The second-order valence-corrected chi connectivity index (χ2v) is 10.8. The van der Waals surface area contributed by atoms with E-state index in [4.69, 9.17) is 8.83 Å². The van der Waals surface area contributed by atoms with Crippen molar-refractivity contribution in [3.63, 3.8) is 0 Å². The molecule has 2 heteroatoms. The number of hydrogen-bond donors (Lipinski definition) is 0. The smallest absolute Gasteiger partial charge is 0.136 e. The molecule has 0 atom stereocenters. The van der Waals surface area contributed by atoms with Crippen LogP contribution in [-0.4, -0.2) is 0 Å². The second-order valence-electron chi connectivity index (χ2n) is 10.8. The largest absolute Gasteiger partial charge is 0.456 e. The minimum atomic E-state index is 0.857. The van der Waals surface area contributed by atoms with Crippen LogP contribution in [0.15, 0.2) is 154 Å². The van der Waals surface area contributed by atoms with Gasteiger partial charge < -0.3 is 8.83 Å². The standard InChI is InChI=1S/C40H24O2/c1-2-12-25(13-3-1)27-14-4-5-16-29(27)39-30-17-6-8-19-32(30)40(33-20-9-7-18-31(33)39)38-23-26-22-37-34(24-36(26)42-38)28-15-10-11-21-35(28)41-37/h1-24H. The molecule has 0 aliphatic rings. The SMILES string of the molecule is c1ccc(-c2ccccc2-c2c3ccccc3c(-c3cc4cc5oc6ccccc6c5cc4o3)c3ccccc23)cc1. The Labute approximate surface area is 242 Å². The summed E-state index contributed by atoms with van der Waals surface area (Å²) in [7, 11) is 0. The molecule has 2 heterocycles. The highest BCUT2D eigenvalue weighted by Crippen LogP contribution is 2.47. The molecule has 0 aliphatic heterocycles. The molecule has 0 saturated heterocycles. The van der Waals surface area contributed by atoms with Crippen molar-refractivity contribution in [3.8, 4) is 33.6 Å². The van der Waals surface area contributed by atoms with Gasteiger partial charge in [-0.15, -0.1) is 0 Å². The highest BCUT2D eigenvalue weighted by Gasteiger charge is 2.21. The van der Waals surface area contributed by atoms with Crippen LogP contribution in [0.4, 0.5) is 0 Å². The Morgan fingerprint density at radius 1 is 0.333 bits per heavy atom.